The Morgan fingerprint density at radius 1 is 1.30 bits per heavy atom. The Kier molecular flexibility index (Phi) is 6.05. The summed E-state index contributed by atoms with van der Waals surface area (Å²) in [6.45, 7) is 3.84. The molecule has 0 aliphatic carbocycles. The highest BCUT2D eigenvalue weighted by atomic mass is 35.5. The third-order valence-electron chi connectivity index (χ3n) is 3.21. The van der Waals surface area contributed by atoms with Crippen LogP contribution in [-0.2, 0) is 0 Å². The van der Waals surface area contributed by atoms with Gasteiger partial charge in [0.2, 0.25) is 0 Å². The van der Waals surface area contributed by atoms with E-state index >= 15 is 0 Å². The summed E-state index contributed by atoms with van der Waals surface area (Å²) < 4.78 is 0. The summed E-state index contributed by atoms with van der Waals surface area (Å²) in [4.78, 5) is 12.3. The van der Waals surface area contributed by atoms with Crippen LogP contribution in [0.25, 0.3) is 0 Å². The van der Waals surface area contributed by atoms with Crippen molar-refractivity contribution in [2.45, 2.75) is 32.2 Å². The number of benzene rings is 1. The summed E-state index contributed by atoms with van der Waals surface area (Å²) in [6, 6.07) is 4.46. The van der Waals surface area contributed by atoms with E-state index in [4.69, 9.17) is 41.2 Å². The van der Waals surface area contributed by atoms with E-state index in [9.17, 15) is 4.79 Å². The average molecular weight is 334 g/mol. The highest BCUT2D eigenvalue weighted by Crippen LogP contribution is 2.25. The van der Waals surface area contributed by atoms with Crippen LogP contribution in [-0.4, -0.2) is 16.6 Å². The van der Waals surface area contributed by atoms with Crippen LogP contribution in [0.4, 0.5) is 10.5 Å². The first-order valence-corrected chi connectivity index (χ1v) is 7.35. The smallest absolute Gasteiger partial charge is 0.320 e. The lowest BCUT2D eigenvalue weighted by Gasteiger charge is -2.31. The lowest BCUT2D eigenvalue weighted by Crippen LogP contribution is -2.57. The second kappa shape index (κ2) is 7.11. The minimum Gasteiger partial charge on any atom is -0.391 e. The molecular formula is C13H17Cl2N3OS. The van der Waals surface area contributed by atoms with Gasteiger partial charge in [-0.25, -0.2) is 4.79 Å². The minimum atomic E-state index is -0.685. The van der Waals surface area contributed by atoms with Gasteiger partial charge in [0, 0.05) is 5.69 Å². The topological polar surface area (TPSA) is 67.2 Å². The molecule has 0 saturated carbocycles. The minimum absolute atomic E-state index is 0.270. The Hall–Kier alpha value is -1.04. The molecule has 0 aliphatic rings. The van der Waals surface area contributed by atoms with Crippen molar-refractivity contribution in [3.8, 4) is 0 Å². The first-order chi connectivity index (χ1) is 9.34. The van der Waals surface area contributed by atoms with E-state index in [0.29, 0.717) is 28.6 Å². The van der Waals surface area contributed by atoms with Crippen LogP contribution in [0, 0.1) is 0 Å². The first kappa shape index (κ1) is 17.0. The summed E-state index contributed by atoms with van der Waals surface area (Å²) in [5.74, 6) is 0. The van der Waals surface area contributed by atoms with Gasteiger partial charge in [0.05, 0.1) is 20.6 Å². The van der Waals surface area contributed by atoms with Crippen LogP contribution in [0.3, 0.4) is 0 Å². The van der Waals surface area contributed by atoms with Crippen molar-refractivity contribution in [3.05, 3.63) is 28.2 Å². The molecule has 0 radical (unpaired) electrons. The molecule has 0 atom stereocenters. The third kappa shape index (κ3) is 3.98. The molecular weight excluding hydrogens is 317 g/mol. The maximum absolute atomic E-state index is 12.0. The van der Waals surface area contributed by atoms with Gasteiger partial charge < -0.3 is 16.4 Å². The number of thiocarbonyl (C=S) groups is 1. The number of nitrogens with one attached hydrogen (secondary N) is 2. The van der Waals surface area contributed by atoms with Crippen molar-refractivity contribution < 1.29 is 4.79 Å². The number of hydrogen-bond acceptors (Lipinski definition) is 2. The molecule has 1 aromatic rings. The standard InChI is InChI=1S/C13H17Cl2N3OS/c1-3-13(4-2,11(16)20)18-12(19)17-8-5-6-9(14)10(15)7-8/h5-7H,3-4H2,1-2H3,(H2,16,20)(H2,17,18,19). The molecule has 0 bridgehead atoms. The maximum atomic E-state index is 12.0. The van der Waals surface area contributed by atoms with Crippen molar-refractivity contribution in [3.63, 3.8) is 0 Å². The second-order valence-corrected chi connectivity index (χ2v) is 5.62. The number of urea groups is 1. The van der Waals surface area contributed by atoms with Crippen molar-refractivity contribution in [1.82, 2.24) is 5.32 Å². The Bertz CT molecular complexity index is 518. The van der Waals surface area contributed by atoms with Gasteiger partial charge in [-0.15, -0.1) is 0 Å². The summed E-state index contributed by atoms with van der Waals surface area (Å²) in [6.07, 6.45) is 1.24. The summed E-state index contributed by atoms with van der Waals surface area (Å²) in [5, 5.41) is 6.30. The number of amides is 2. The average Bonchev–Trinajstić information content (AvgIpc) is 2.40. The largest absolute Gasteiger partial charge is 0.391 e. The van der Waals surface area contributed by atoms with Gasteiger partial charge >= 0.3 is 6.03 Å². The van der Waals surface area contributed by atoms with Crippen LogP contribution in [0.1, 0.15) is 26.7 Å². The molecule has 7 heteroatoms. The molecule has 0 fully saturated rings. The number of carbonyl (C=O) groups is 1. The van der Waals surface area contributed by atoms with Crippen LogP contribution in [0.5, 0.6) is 0 Å². The molecule has 110 valence electrons. The van der Waals surface area contributed by atoms with E-state index in [1.54, 1.807) is 18.2 Å². The number of carbonyl (C=O) groups excluding carboxylic acids is 1. The SMILES string of the molecule is CCC(CC)(NC(=O)Nc1ccc(Cl)c(Cl)c1)C(N)=S. The quantitative estimate of drug-likeness (QED) is 0.714. The number of anilines is 1. The molecule has 1 aromatic carbocycles. The molecule has 4 N–H and O–H groups in total. The third-order valence-corrected chi connectivity index (χ3v) is 4.34. The fourth-order valence-electron chi connectivity index (χ4n) is 1.79. The Labute approximate surface area is 134 Å². The van der Waals surface area contributed by atoms with Crippen LogP contribution < -0.4 is 16.4 Å². The first-order valence-electron chi connectivity index (χ1n) is 6.18. The van der Waals surface area contributed by atoms with Crippen LogP contribution in [0.2, 0.25) is 10.0 Å². The Morgan fingerprint density at radius 2 is 1.90 bits per heavy atom. The van der Waals surface area contributed by atoms with Gasteiger partial charge in [-0.1, -0.05) is 49.3 Å². The van der Waals surface area contributed by atoms with E-state index in [-0.39, 0.29) is 11.0 Å². The Morgan fingerprint density at radius 3 is 2.35 bits per heavy atom. The number of rotatable bonds is 5. The van der Waals surface area contributed by atoms with Gasteiger partial charge in [-0.05, 0) is 31.0 Å². The van der Waals surface area contributed by atoms with Gasteiger partial charge in [-0.2, -0.15) is 0 Å². The molecule has 0 spiro atoms. The van der Waals surface area contributed by atoms with Gasteiger partial charge in [0.1, 0.15) is 0 Å². The molecule has 0 saturated heterocycles. The van der Waals surface area contributed by atoms with Gasteiger partial charge in [0.15, 0.2) is 0 Å². The van der Waals surface area contributed by atoms with Crippen molar-refractivity contribution in [2.24, 2.45) is 5.73 Å². The van der Waals surface area contributed by atoms with Crippen molar-refractivity contribution in [2.75, 3.05) is 5.32 Å². The predicted octanol–water partition coefficient (Wildman–Crippen LogP) is 3.96. The van der Waals surface area contributed by atoms with E-state index < -0.39 is 5.54 Å². The molecule has 0 heterocycles. The number of hydrogen-bond donors (Lipinski definition) is 3. The predicted molar refractivity (Wildman–Crippen MR) is 88.7 cm³/mol. The zero-order chi connectivity index (χ0) is 15.3. The normalized spacial score (nSPS) is 11.0. The maximum Gasteiger partial charge on any atom is 0.320 e. The second-order valence-electron chi connectivity index (χ2n) is 4.36. The number of halogens is 2. The van der Waals surface area contributed by atoms with E-state index in [2.05, 4.69) is 10.6 Å². The molecule has 1 rings (SSSR count). The highest BCUT2D eigenvalue weighted by Gasteiger charge is 2.31. The lowest BCUT2D eigenvalue weighted by molar-refractivity contribution is 0.243. The van der Waals surface area contributed by atoms with E-state index in [1.165, 1.54) is 0 Å². The zero-order valence-electron chi connectivity index (χ0n) is 11.3. The molecule has 4 nitrogen and oxygen atoms in total. The highest BCUT2D eigenvalue weighted by molar-refractivity contribution is 7.80. The summed E-state index contributed by atoms with van der Waals surface area (Å²) in [5.41, 5.74) is 5.59. The van der Waals surface area contributed by atoms with Gasteiger partial charge in [-0.3, -0.25) is 0 Å². The summed E-state index contributed by atoms with van der Waals surface area (Å²) in [7, 11) is 0. The van der Waals surface area contributed by atoms with Gasteiger partial charge in [0.25, 0.3) is 0 Å². The molecule has 0 aliphatic heterocycles. The molecule has 0 unspecified atom stereocenters. The van der Waals surface area contributed by atoms with E-state index in [1.807, 2.05) is 13.8 Å². The summed E-state index contributed by atoms with van der Waals surface area (Å²) >= 11 is 16.8. The fraction of sp³-hybridized carbons (Fsp3) is 0.385. The molecule has 2 amide bonds. The Balaban J connectivity index is 2.80. The van der Waals surface area contributed by atoms with Crippen molar-refractivity contribution >= 4 is 52.1 Å². The monoisotopic (exact) mass is 333 g/mol. The zero-order valence-corrected chi connectivity index (χ0v) is 13.6. The van der Waals surface area contributed by atoms with Crippen LogP contribution >= 0.6 is 35.4 Å². The van der Waals surface area contributed by atoms with Crippen LogP contribution in [0.15, 0.2) is 18.2 Å². The van der Waals surface area contributed by atoms with E-state index in [0.717, 1.165) is 0 Å². The lowest BCUT2D eigenvalue weighted by atomic mass is 9.93. The fourth-order valence-corrected chi connectivity index (χ4v) is 2.43. The molecule has 20 heavy (non-hydrogen) atoms. The van der Waals surface area contributed by atoms with Crippen molar-refractivity contribution in [1.29, 1.82) is 0 Å². The molecule has 0 aromatic heterocycles. The number of nitrogens with two attached hydrogens (primary N) is 1.